The van der Waals surface area contributed by atoms with Crippen molar-refractivity contribution in [1.29, 1.82) is 0 Å². The third-order valence-electron chi connectivity index (χ3n) is 7.93. The minimum Gasteiger partial charge on any atom is -0.300 e. The van der Waals surface area contributed by atoms with Crippen LogP contribution in [0.5, 0.6) is 0 Å². The summed E-state index contributed by atoms with van der Waals surface area (Å²) in [6, 6.07) is 8.96. The molecule has 0 saturated heterocycles. The number of hydrogen-bond acceptors (Lipinski definition) is 2. The Bertz CT molecular complexity index is 948. The molecule has 0 aromatic heterocycles. The van der Waals surface area contributed by atoms with Gasteiger partial charge >= 0.3 is 0 Å². The van der Waals surface area contributed by atoms with Crippen LogP contribution in [0.4, 0.5) is 0 Å². The number of carbonyl (C=O) groups excluding carboxylic acids is 1. The summed E-state index contributed by atoms with van der Waals surface area (Å²) in [5, 5.41) is 0. The van der Waals surface area contributed by atoms with Crippen LogP contribution in [0.3, 0.4) is 0 Å². The maximum absolute atomic E-state index is 12.9. The molecular weight excluding hydrogens is 414 g/mol. The van der Waals surface area contributed by atoms with Crippen LogP contribution in [0.15, 0.2) is 64.8 Å². The zero-order chi connectivity index (χ0) is 23.6. The predicted molar refractivity (Wildman–Crippen MR) is 144 cm³/mol. The van der Waals surface area contributed by atoms with Gasteiger partial charge in [-0.25, -0.2) is 0 Å². The molecule has 0 bridgehead atoms. The van der Waals surface area contributed by atoms with Crippen molar-refractivity contribution in [2.45, 2.75) is 103 Å². The van der Waals surface area contributed by atoms with Crippen molar-refractivity contribution in [3.8, 4) is 0 Å². The van der Waals surface area contributed by atoms with Crippen LogP contribution in [0.25, 0.3) is 0 Å². The number of rotatable bonds is 12. The van der Waals surface area contributed by atoms with E-state index in [1.165, 1.54) is 85.8 Å². The van der Waals surface area contributed by atoms with Crippen molar-refractivity contribution < 1.29 is 4.79 Å². The Kier molecular flexibility index (Phi) is 9.53. The van der Waals surface area contributed by atoms with E-state index in [-0.39, 0.29) is 0 Å². The third-order valence-corrected chi connectivity index (χ3v) is 7.93. The topological polar surface area (TPSA) is 29.4 Å². The molecule has 1 unspecified atom stereocenters. The summed E-state index contributed by atoms with van der Waals surface area (Å²) in [7, 11) is 0. The Labute approximate surface area is 207 Å². The molecule has 2 heteroatoms. The minimum absolute atomic E-state index is 0.444. The fourth-order valence-corrected chi connectivity index (χ4v) is 6.04. The zero-order valence-electron chi connectivity index (χ0n) is 21.2. The number of carbonyl (C=O) groups is 1. The second kappa shape index (κ2) is 13.0. The number of nitrogens with zero attached hydrogens (tertiary/aromatic N) is 1. The monoisotopic (exact) mass is 457 g/mol. The summed E-state index contributed by atoms with van der Waals surface area (Å²) in [5.74, 6) is 1.47. The van der Waals surface area contributed by atoms with Crippen LogP contribution >= 0.6 is 0 Å². The van der Waals surface area contributed by atoms with E-state index in [9.17, 15) is 4.79 Å². The summed E-state index contributed by atoms with van der Waals surface area (Å²) < 4.78 is 0. The molecule has 1 heterocycles. The molecule has 0 radical (unpaired) electrons. The zero-order valence-corrected chi connectivity index (χ0v) is 21.2. The van der Waals surface area contributed by atoms with E-state index in [0.717, 1.165) is 32.1 Å². The SMILES string of the molecule is CCCCCCCc1cccc(CCC(=O)C[C@@H]2CCCC(C3=NC=CCC4=C3C=CC4)C2)c1. The predicted octanol–water partition coefficient (Wildman–Crippen LogP) is 8.51. The first-order valence-corrected chi connectivity index (χ1v) is 13.9. The molecule has 0 amide bonds. The van der Waals surface area contributed by atoms with Gasteiger partial charge in [0.05, 0.1) is 5.71 Å². The van der Waals surface area contributed by atoms with Gasteiger partial charge in [-0.2, -0.15) is 0 Å². The molecule has 34 heavy (non-hydrogen) atoms. The lowest BCUT2D eigenvalue weighted by molar-refractivity contribution is -0.120. The fourth-order valence-electron chi connectivity index (χ4n) is 6.04. The number of Topliss-reactive ketones (excluding diaryl/α,β-unsaturated/α-hetero) is 1. The quantitative estimate of drug-likeness (QED) is 0.289. The van der Waals surface area contributed by atoms with Gasteiger partial charge in [0.15, 0.2) is 0 Å². The molecule has 1 saturated carbocycles. The normalized spacial score (nSPS) is 22.0. The van der Waals surface area contributed by atoms with Gasteiger partial charge in [0.1, 0.15) is 5.78 Å². The molecular formula is C32H43NO. The average molecular weight is 458 g/mol. The van der Waals surface area contributed by atoms with Crippen LogP contribution in [0.2, 0.25) is 0 Å². The highest BCUT2D eigenvalue weighted by Gasteiger charge is 2.30. The first-order valence-electron chi connectivity index (χ1n) is 13.9. The van der Waals surface area contributed by atoms with Crippen LogP contribution < -0.4 is 0 Å². The molecule has 3 aliphatic rings. The van der Waals surface area contributed by atoms with E-state index in [4.69, 9.17) is 4.99 Å². The molecule has 1 aromatic carbocycles. The number of unbranched alkanes of at least 4 members (excludes halogenated alkanes) is 4. The number of allylic oxidation sites excluding steroid dienone is 5. The molecule has 0 N–H and O–H groups in total. The van der Waals surface area contributed by atoms with Gasteiger partial charge in [-0.15, -0.1) is 0 Å². The van der Waals surface area contributed by atoms with Crippen LogP contribution in [0.1, 0.15) is 102 Å². The first-order chi connectivity index (χ1) is 16.7. The molecule has 2 nitrogen and oxygen atoms in total. The lowest BCUT2D eigenvalue weighted by atomic mass is 9.75. The minimum atomic E-state index is 0.444. The number of aryl methyl sites for hydroxylation is 2. The Morgan fingerprint density at radius 1 is 1.00 bits per heavy atom. The van der Waals surface area contributed by atoms with E-state index < -0.39 is 0 Å². The van der Waals surface area contributed by atoms with Crippen molar-refractivity contribution in [3.05, 3.63) is 71.0 Å². The Hall–Kier alpha value is -2.22. The lowest BCUT2D eigenvalue weighted by Crippen LogP contribution is -2.25. The van der Waals surface area contributed by atoms with Crippen molar-refractivity contribution >= 4 is 11.5 Å². The number of hydrogen-bond donors (Lipinski definition) is 0. The maximum atomic E-state index is 12.9. The van der Waals surface area contributed by atoms with Crippen LogP contribution in [-0.2, 0) is 17.6 Å². The molecule has 2 aliphatic carbocycles. The molecule has 182 valence electrons. The summed E-state index contributed by atoms with van der Waals surface area (Å²) in [6.45, 7) is 2.27. The van der Waals surface area contributed by atoms with Gasteiger partial charge in [0.2, 0.25) is 0 Å². The van der Waals surface area contributed by atoms with Crippen molar-refractivity contribution in [2.75, 3.05) is 0 Å². The Morgan fingerprint density at radius 3 is 2.71 bits per heavy atom. The lowest BCUT2D eigenvalue weighted by Gasteiger charge is -2.30. The standard InChI is InChI=1S/C32H43NO/c1-2-3-4-5-6-11-25-12-7-13-26(22-25)19-20-30(34)24-27-14-8-16-29(23-27)32-31-18-9-15-28(31)17-10-21-33-32/h7,9-10,12-13,18,21-22,27,29H,2-6,8,11,14-17,19-20,23-24H2,1H3/t27-,29?/m1/s1. The first kappa shape index (κ1) is 24.9. The highest BCUT2D eigenvalue weighted by Crippen LogP contribution is 2.37. The van der Waals surface area contributed by atoms with Gasteiger partial charge in [-0.1, -0.05) is 87.1 Å². The molecule has 2 atom stereocenters. The molecule has 0 spiro atoms. The summed E-state index contributed by atoms with van der Waals surface area (Å²) in [5.41, 5.74) is 6.97. The highest BCUT2D eigenvalue weighted by molar-refractivity contribution is 6.06. The maximum Gasteiger partial charge on any atom is 0.133 e. The average Bonchev–Trinajstić information content (AvgIpc) is 3.22. The van der Waals surface area contributed by atoms with Crippen molar-refractivity contribution in [3.63, 3.8) is 0 Å². The van der Waals surface area contributed by atoms with Crippen LogP contribution in [0, 0.1) is 11.8 Å². The van der Waals surface area contributed by atoms with Crippen molar-refractivity contribution in [2.24, 2.45) is 16.8 Å². The van der Waals surface area contributed by atoms with Crippen molar-refractivity contribution in [1.82, 2.24) is 0 Å². The largest absolute Gasteiger partial charge is 0.300 e. The van der Waals surface area contributed by atoms with Gasteiger partial charge < -0.3 is 0 Å². The van der Waals surface area contributed by atoms with Gasteiger partial charge in [-0.3, -0.25) is 9.79 Å². The molecule has 1 fully saturated rings. The highest BCUT2D eigenvalue weighted by atomic mass is 16.1. The van der Waals surface area contributed by atoms with E-state index in [1.807, 2.05) is 6.20 Å². The van der Waals surface area contributed by atoms with E-state index in [2.05, 4.69) is 49.4 Å². The van der Waals surface area contributed by atoms with Crippen LogP contribution in [-0.4, -0.2) is 11.5 Å². The summed E-state index contributed by atoms with van der Waals surface area (Å²) >= 11 is 0. The third kappa shape index (κ3) is 7.14. The summed E-state index contributed by atoms with van der Waals surface area (Å²) in [6.07, 6.45) is 25.7. The molecule has 4 rings (SSSR count). The smallest absolute Gasteiger partial charge is 0.133 e. The fraction of sp³-hybridized carbons (Fsp3) is 0.562. The Morgan fingerprint density at radius 2 is 1.82 bits per heavy atom. The molecule has 1 aliphatic heterocycles. The number of benzene rings is 1. The van der Waals surface area contributed by atoms with Gasteiger partial charge in [0, 0.05) is 25.0 Å². The number of aliphatic imine (C=N–C) groups is 1. The second-order valence-corrected chi connectivity index (χ2v) is 10.7. The van der Waals surface area contributed by atoms with E-state index in [1.54, 1.807) is 0 Å². The Balaban J connectivity index is 1.24. The second-order valence-electron chi connectivity index (χ2n) is 10.7. The van der Waals surface area contributed by atoms with E-state index >= 15 is 0 Å². The summed E-state index contributed by atoms with van der Waals surface area (Å²) in [4.78, 5) is 17.8. The van der Waals surface area contributed by atoms with E-state index in [0.29, 0.717) is 24.0 Å². The van der Waals surface area contributed by atoms with Gasteiger partial charge in [0.25, 0.3) is 0 Å². The van der Waals surface area contributed by atoms with Gasteiger partial charge in [-0.05, 0) is 74.0 Å². The molecule has 1 aromatic rings. The number of ketones is 1.